The molecule has 1 spiro atoms. The lowest BCUT2D eigenvalue weighted by molar-refractivity contribution is -0.149. The Hall–Kier alpha value is -3.33. The van der Waals surface area contributed by atoms with Gasteiger partial charge in [-0.05, 0) is 44.4 Å². The van der Waals surface area contributed by atoms with E-state index in [1.165, 1.54) is 6.08 Å². The summed E-state index contributed by atoms with van der Waals surface area (Å²) in [6, 6.07) is 2.30. The third-order valence-corrected chi connectivity index (χ3v) is 8.98. The molecule has 0 radical (unpaired) electrons. The van der Waals surface area contributed by atoms with Gasteiger partial charge in [0.2, 0.25) is 11.8 Å². The topological polar surface area (TPSA) is 90.4 Å². The Morgan fingerprint density at radius 2 is 1.84 bits per heavy atom. The van der Waals surface area contributed by atoms with Gasteiger partial charge in [-0.15, -0.1) is 0 Å². The van der Waals surface area contributed by atoms with Crippen LogP contribution in [0.15, 0.2) is 24.9 Å². The summed E-state index contributed by atoms with van der Waals surface area (Å²) < 4.78 is 2.18. The molecule has 6 rings (SSSR count). The highest BCUT2D eigenvalue weighted by atomic mass is 35.5. The molecule has 2 aliphatic heterocycles. The standard InChI is InChI=1S/C27H32ClN7O2/c1-5-22(37)34-14-27(15-34)11-19(12-27)35-17(3)23(24-20-13-29-30-21(20)10-16(2)25(24)28)26(31-35)33-8-6-32(7-9-33)18(4)36/h5,10,13,19H,1,6-9,11-12,14-15H2,2-4H3,(H,29,30). The molecule has 2 amide bonds. The van der Waals surface area contributed by atoms with Crippen molar-refractivity contribution in [3.63, 3.8) is 0 Å². The number of carbonyl (C=O) groups excluding carboxylic acids is 2. The molecule has 9 nitrogen and oxygen atoms in total. The monoisotopic (exact) mass is 521 g/mol. The van der Waals surface area contributed by atoms with E-state index in [1.54, 1.807) is 6.92 Å². The first-order valence-corrected chi connectivity index (χ1v) is 13.2. The van der Waals surface area contributed by atoms with Gasteiger partial charge in [0.15, 0.2) is 5.82 Å². The van der Waals surface area contributed by atoms with Gasteiger partial charge in [-0.25, -0.2) is 0 Å². The first-order valence-electron chi connectivity index (χ1n) is 12.8. The summed E-state index contributed by atoms with van der Waals surface area (Å²) in [5, 5.41) is 14.3. The van der Waals surface area contributed by atoms with Crippen LogP contribution in [0.25, 0.3) is 22.0 Å². The molecule has 1 aromatic carbocycles. The number of aryl methyl sites for hydroxylation is 1. The number of hydrogen-bond acceptors (Lipinski definition) is 5. The molecule has 1 N–H and O–H groups in total. The average Bonchev–Trinajstić information content (AvgIpc) is 3.42. The number of anilines is 1. The summed E-state index contributed by atoms with van der Waals surface area (Å²) in [6.45, 7) is 13.7. The van der Waals surface area contributed by atoms with Gasteiger partial charge in [0.05, 0.1) is 22.8 Å². The Kier molecular flexibility index (Phi) is 5.60. The van der Waals surface area contributed by atoms with Gasteiger partial charge in [0.1, 0.15) is 0 Å². The van der Waals surface area contributed by atoms with Crippen molar-refractivity contribution in [3.8, 4) is 11.1 Å². The molecular weight excluding hydrogens is 490 g/mol. The number of likely N-dealkylation sites (tertiary alicyclic amines) is 1. The highest BCUT2D eigenvalue weighted by Gasteiger charge is 2.54. The lowest BCUT2D eigenvalue weighted by atomic mass is 9.60. The fraction of sp³-hybridized carbons (Fsp3) is 0.481. The van der Waals surface area contributed by atoms with Gasteiger partial charge in [-0.1, -0.05) is 18.2 Å². The summed E-state index contributed by atoms with van der Waals surface area (Å²) in [5.41, 5.74) is 5.19. The van der Waals surface area contributed by atoms with Crippen molar-refractivity contribution in [1.82, 2.24) is 29.8 Å². The number of amides is 2. The lowest BCUT2D eigenvalue weighted by Gasteiger charge is -2.58. The highest BCUT2D eigenvalue weighted by Crippen LogP contribution is 2.55. The van der Waals surface area contributed by atoms with E-state index in [9.17, 15) is 9.59 Å². The molecule has 0 bridgehead atoms. The minimum Gasteiger partial charge on any atom is -0.351 e. The zero-order valence-corrected chi connectivity index (χ0v) is 22.3. The van der Waals surface area contributed by atoms with Crippen LogP contribution in [0.3, 0.4) is 0 Å². The third-order valence-electron chi connectivity index (χ3n) is 8.49. The third kappa shape index (κ3) is 3.74. The molecule has 3 fully saturated rings. The molecule has 194 valence electrons. The van der Waals surface area contributed by atoms with E-state index in [2.05, 4.69) is 33.3 Å². The molecule has 3 aliphatic rings. The number of benzene rings is 1. The van der Waals surface area contributed by atoms with Crippen LogP contribution in [-0.2, 0) is 9.59 Å². The maximum atomic E-state index is 12.0. The van der Waals surface area contributed by atoms with Crippen molar-refractivity contribution in [2.45, 2.75) is 39.7 Å². The van der Waals surface area contributed by atoms with E-state index in [1.807, 2.05) is 29.0 Å². The van der Waals surface area contributed by atoms with Crippen LogP contribution in [0.1, 0.15) is 37.1 Å². The Bertz CT molecular complexity index is 1420. The second-order valence-corrected chi connectivity index (χ2v) is 11.3. The minimum absolute atomic E-state index is 0.0110. The SMILES string of the molecule is C=CC(=O)N1CC2(CC(n3nc(N4CCN(C(C)=O)CC4)c(-c4c(Cl)c(C)cc5[nH]ncc45)c3C)C2)C1. The van der Waals surface area contributed by atoms with Crippen LogP contribution in [0, 0.1) is 19.3 Å². The van der Waals surface area contributed by atoms with Crippen molar-refractivity contribution < 1.29 is 9.59 Å². The van der Waals surface area contributed by atoms with Gasteiger partial charge in [0.25, 0.3) is 0 Å². The minimum atomic E-state index is 0.0110. The zero-order chi connectivity index (χ0) is 26.1. The fourth-order valence-corrected chi connectivity index (χ4v) is 6.72. The second kappa shape index (κ2) is 8.62. The fourth-order valence-electron chi connectivity index (χ4n) is 6.47. The molecule has 10 heteroatoms. The number of H-pyrrole nitrogens is 1. The summed E-state index contributed by atoms with van der Waals surface area (Å²) in [5.74, 6) is 1.03. The number of hydrogen-bond donors (Lipinski definition) is 1. The number of aromatic amines is 1. The molecule has 0 unspecified atom stereocenters. The van der Waals surface area contributed by atoms with Crippen LogP contribution >= 0.6 is 11.6 Å². The van der Waals surface area contributed by atoms with Crippen molar-refractivity contribution in [2.24, 2.45) is 5.41 Å². The van der Waals surface area contributed by atoms with Gasteiger partial charge >= 0.3 is 0 Å². The Morgan fingerprint density at radius 1 is 1.14 bits per heavy atom. The lowest BCUT2D eigenvalue weighted by Crippen LogP contribution is -2.63. The molecular formula is C27H32ClN7O2. The van der Waals surface area contributed by atoms with Gasteiger partial charge in [-0.3, -0.25) is 19.4 Å². The Balaban J connectivity index is 1.38. The summed E-state index contributed by atoms with van der Waals surface area (Å²) in [7, 11) is 0. The molecule has 1 aliphatic carbocycles. The summed E-state index contributed by atoms with van der Waals surface area (Å²) in [4.78, 5) is 29.9. The Labute approximate surface area is 221 Å². The van der Waals surface area contributed by atoms with Crippen LogP contribution in [0.4, 0.5) is 5.82 Å². The van der Waals surface area contributed by atoms with Gasteiger partial charge in [0, 0.05) is 73.8 Å². The number of rotatable bonds is 4. The van der Waals surface area contributed by atoms with Crippen LogP contribution in [-0.4, -0.2) is 80.9 Å². The predicted molar refractivity (Wildman–Crippen MR) is 144 cm³/mol. The molecule has 3 aromatic rings. The van der Waals surface area contributed by atoms with Crippen LogP contribution < -0.4 is 4.90 Å². The Morgan fingerprint density at radius 3 is 2.49 bits per heavy atom. The molecule has 37 heavy (non-hydrogen) atoms. The van der Waals surface area contributed by atoms with Crippen molar-refractivity contribution in [3.05, 3.63) is 41.2 Å². The first kappa shape index (κ1) is 24.0. The number of piperazine rings is 1. The summed E-state index contributed by atoms with van der Waals surface area (Å²) in [6.07, 6.45) is 5.22. The zero-order valence-electron chi connectivity index (χ0n) is 21.6. The van der Waals surface area contributed by atoms with E-state index < -0.39 is 0 Å². The number of aromatic nitrogens is 4. The van der Waals surface area contributed by atoms with Crippen molar-refractivity contribution >= 4 is 40.1 Å². The smallest absolute Gasteiger partial charge is 0.245 e. The number of halogens is 1. The maximum Gasteiger partial charge on any atom is 0.245 e. The van der Waals surface area contributed by atoms with Crippen LogP contribution in [0.2, 0.25) is 5.02 Å². The second-order valence-electron chi connectivity index (χ2n) is 10.9. The molecule has 4 heterocycles. The molecule has 0 atom stereocenters. The number of nitrogens with zero attached hydrogens (tertiary/aromatic N) is 6. The van der Waals surface area contributed by atoms with E-state index in [0.717, 1.165) is 65.0 Å². The summed E-state index contributed by atoms with van der Waals surface area (Å²) >= 11 is 6.99. The highest BCUT2D eigenvalue weighted by molar-refractivity contribution is 6.36. The average molecular weight is 522 g/mol. The van der Waals surface area contributed by atoms with E-state index in [0.29, 0.717) is 31.2 Å². The quantitative estimate of drug-likeness (QED) is 0.528. The van der Waals surface area contributed by atoms with E-state index in [4.69, 9.17) is 16.7 Å². The normalized spacial score (nSPS) is 19.3. The number of carbonyl (C=O) groups is 2. The van der Waals surface area contributed by atoms with Crippen molar-refractivity contribution in [1.29, 1.82) is 0 Å². The number of fused-ring (bicyclic) bond motifs is 1. The number of nitrogens with one attached hydrogen (secondary N) is 1. The predicted octanol–water partition coefficient (Wildman–Crippen LogP) is 3.71. The van der Waals surface area contributed by atoms with E-state index in [-0.39, 0.29) is 23.3 Å². The largest absolute Gasteiger partial charge is 0.351 e. The first-order chi connectivity index (χ1) is 17.7. The van der Waals surface area contributed by atoms with Crippen LogP contribution in [0.5, 0.6) is 0 Å². The van der Waals surface area contributed by atoms with Crippen molar-refractivity contribution in [2.75, 3.05) is 44.2 Å². The van der Waals surface area contributed by atoms with Gasteiger partial charge in [-0.2, -0.15) is 10.2 Å². The molecule has 2 saturated heterocycles. The van der Waals surface area contributed by atoms with Gasteiger partial charge < -0.3 is 14.7 Å². The maximum absolute atomic E-state index is 12.0. The molecule has 1 saturated carbocycles. The van der Waals surface area contributed by atoms with E-state index >= 15 is 0 Å². The molecule has 2 aromatic heterocycles.